The van der Waals surface area contributed by atoms with E-state index in [-0.39, 0.29) is 6.04 Å². The normalized spacial score (nSPS) is 12.0. The van der Waals surface area contributed by atoms with Crippen LogP contribution in [0.2, 0.25) is 0 Å². The highest BCUT2D eigenvalue weighted by atomic mass is 79.9. The van der Waals surface area contributed by atoms with Gasteiger partial charge in [0, 0.05) is 22.6 Å². The molecule has 0 fully saturated rings. The van der Waals surface area contributed by atoms with Crippen LogP contribution in [0.1, 0.15) is 35.2 Å². The molecule has 1 N–H and O–H groups in total. The minimum Gasteiger partial charge on any atom is -0.489 e. The molecular weight excluding hydrogens is 386 g/mol. The number of nitrogens with one attached hydrogen (secondary N) is 1. The summed E-state index contributed by atoms with van der Waals surface area (Å²) in [7, 11) is 0. The van der Waals surface area contributed by atoms with Crippen LogP contribution in [0.25, 0.3) is 0 Å². The molecule has 3 rings (SSSR count). The zero-order valence-electron chi connectivity index (χ0n) is 15.2. The molecule has 0 radical (unpaired) electrons. The third-order valence-electron chi connectivity index (χ3n) is 4.40. The van der Waals surface area contributed by atoms with Gasteiger partial charge in [-0.2, -0.15) is 0 Å². The number of aryl methyl sites for hydroxylation is 1. The van der Waals surface area contributed by atoms with Gasteiger partial charge in [-0.25, -0.2) is 0 Å². The molecule has 3 heteroatoms. The fraction of sp³-hybridized carbons (Fsp3) is 0.217. The van der Waals surface area contributed by atoms with Crippen LogP contribution in [-0.2, 0) is 13.2 Å². The first-order valence-corrected chi connectivity index (χ1v) is 9.66. The van der Waals surface area contributed by atoms with Gasteiger partial charge in [-0.05, 0) is 43.2 Å². The van der Waals surface area contributed by atoms with Crippen LogP contribution >= 0.6 is 15.9 Å². The largest absolute Gasteiger partial charge is 0.489 e. The highest BCUT2D eigenvalue weighted by Gasteiger charge is 2.09. The molecule has 0 spiro atoms. The number of benzene rings is 3. The van der Waals surface area contributed by atoms with Crippen molar-refractivity contribution in [3.8, 4) is 5.75 Å². The maximum absolute atomic E-state index is 6.11. The molecule has 1 atom stereocenters. The molecule has 3 aromatic rings. The van der Waals surface area contributed by atoms with Crippen molar-refractivity contribution in [1.29, 1.82) is 0 Å². The molecule has 1 unspecified atom stereocenters. The van der Waals surface area contributed by atoms with Gasteiger partial charge in [0.1, 0.15) is 12.4 Å². The fourth-order valence-electron chi connectivity index (χ4n) is 2.91. The number of halogens is 1. The maximum Gasteiger partial charge on any atom is 0.124 e. The minimum absolute atomic E-state index is 0.278. The molecule has 0 bridgehead atoms. The predicted octanol–water partition coefficient (Wildman–Crippen LogP) is 6.19. The standard InChI is InChI=1S/C23H24BrNO/c1-17-7-6-8-19(13-17)16-26-23-12-11-22(24)14-21(23)15-25-18(2)20-9-4-3-5-10-20/h3-14,18,25H,15-16H2,1-2H3. The number of hydrogen-bond donors (Lipinski definition) is 1. The van der Waals surface area contributed by atoms with Crippen molar-refractivity contribution in [2.45, 2.75) is 33.0 Å². The van der Waals surface area contributed by atoms with Gasteiger partial charge in [-0.15, -0.1) is 0 Å². The lowest BCUT2D eigenvalue weighted by Gasteiger charge is -2.17. The van der Waals surface area contributed by atoms with Crippen LogP contribution in [0.3, 0.4) is 0 Å². The van der Waals surface area contributed by atoms with E-state index in [4.69, 9.17) is 4.74 Å². The van der Waals surface area contributed by atoms with Gasteiger partial charge >= 0.3 is 0 Å². The second-order valence-corrected chi connectivity index (χ2v) is 7.46. The Labute approximate surface area is 164 Å². The third kappa shape index (κ3) is 5.20. The van der Waals surface area contributed by atoms with Crippen molar-refractivity contribution in [3.05, 3.63) is 99.5 Å². The molecule has 2 nitrogen and oxygen atoms in total. The summed E-state index contributed by atoms with van der Waals surface area (Å²) < 4.78 is 7.17. The lowest BCUT2D eigenvalue weighted by molar-refractivity contribution is 0.301. The van der Waals surface area contributed by atoms with Crippen molar-refractivity contribution in [1.82, 2.24) is 5.32 Å². The van der Waals surface area contributed by atoms with E-state index >= 15 is 0 Å². The number of hydrogen-bond acceptors (Lipinski definition) is 2. The van der Waals surface area contributed by atoms with E-state index in [1.165, 1.54) is 16.7 Å². The monoisotopic (exact) mass is 409 g/mol. The van der Waals surface area contributed by atoms with Gasteiger partial charge in [0.25, 0.3) is 0 Å². The van der Waals surface area contributed by atoms with E-state index in [1.807, 2.05) is 18.2 Å². The van der Waals surface area contributed by atoms with Crippen LogP contribution < -0.4 is 10.1 Å². The lowest BCUT2D eigenvalue weighted by Crippen LogP contribution is -2.18. The molecule has 0 heterocycles. The second kappa shape index (κ2) is 9.02. The zero-order chi connectivity index (χ0) is 18.4. The molecule has 3 aromatic carbocycles. The van der Waals surface area contributed by atoms with E-state index in [9.17, 15) is 0 Å². The van der Waals surface area contributed by atoms with E-state index in [1.54, 1.807) is 0 Å². The Morgan fingerprint density at radius 1 is 0.962 bits per heavy atom. The highest BCUT2D eigenvalue weighted by molar-refractivity contribution is 9.10. The van der Waals surface area contributed by atoms with Crippen LogP contribution in [0.15, 0.2) is 77.3 Å². The first-order chi connectivity index (χ1) is 12.6. The van der Waals surface area contributed by atoms with Crippen LogP contribution in [0, 0.1) is 6.92 Å². The van der Waals surface area contributed by atoms with Crippen LogP contribution in [-0.4, -0.2) is 0 Å². The molecule has 0 saturated carbocycles. The van der Waals surface area contributed by atoms with E-state index in [2.05, 4.69) is 89.7 Å². The Bertz CT molecular complexity index is 848. The summed E-state index contributed by atoms with van der Waals surface area (Å²) in [5.41, 5.74) is 4.87. The molecule has 0 aromatic heterocycles. The molecule has 0 aliphatic heterocycles. The molecule has 26 heavy (non-hydrogen) atoms. The van der Waals surface area contributed by atoms with Gasteiger partial charge in [0.15, 0.2) is 0 Å². The summed E-state index contributed by atoms with van der Waals surface area (Å²) in [6.07, 6.45) is 0. The number of ether oxygens (including phenoxy) is 1. The smallest absolute Gasteiger partial charge is 0.124 e. The molecule has 134 valence electrons. The average Bonchev–Trinajstić information content (AvgIpc) is 2.66. The molecule has 0 aliphatic rings. The predicted molar refractivity (Wildman–Crippen MR) is 111 cm³/mol. The van der Waals surface area contributed by atoms with Gasteiger partial charge < -0.3 is 10.1 Å². The Hall–Kier alpha value is -2.10. The van der Waals surface area contributed by atoms with Gasteiger partial charge in [-0.1, -0.05) is 76.1 Å². The first-order valence-electron chi connectivity index (χ1n) is 8.87. The summed E-state index contributed by atoms with van der Waals surface area (Å²) >= 11 is 3.57. The van der Waals surface area contributed by atoms with Crippen molar-refractivity contribution in [2.75, 3.05) is 0 Å². The summed E-state index contributed by atoms with van der Waals surface area (Å²) in [5, 5.41) is 3.59. The SMILES string of the molecule is Cc1cccc(COc2ccc(Br)cc2CNC(C)c2ccccc2)c1. The number of rotatable bonds is 7. The summed E-state index contributed by atoms with van der Waals surface area (Å²) in [5.74, 6) is 0.919. The van der Waals surface area contributed by atoms with Crippen molar-refractivity contribution in [2.24, 2.45) is 0 Å². The second-order valence-electron chi connectivity index (χ2n) is 6.54. The van der Waals surface area contributed by atoms with Crippen molar-refractivity contribution >= 4 is 15.9 Å². The summed E-state index contributed by atoms with van der Waals surface area (Å²) in [4.78, 5) is 0. The van der Waals surface area contributed by atoms with Gasteiger partial charge in [0.05, 0.1) is 0 Å². The van der Waals surface area contributed by atoms with Gasteiger partial charge in [-0.3, -0.25) is 0 Å². The van der Waals surface area contributed by atoms with Crippen LogP contribution in [0.4, 0.5) is 0 Å². The van der Waals surface area contributed by atoms with Gasteiger partial charge in [0.2, 0.25) is 0 Å². The Morgan fingerprint density at radius 2 is 1.77 bits per heavy atom. The van der Waals surface area contributed by atoms with Crippen molar-refractivity contribution in [3.63, 3.8) is 0 Å². The highest BCUT2D eigenvalue weighted by Crippen LogP contribution is 2.25. The fourth-order valence-corrected chi connectivity index (χ4v) is 3.32. The molecule has 0 amide bonds. The summed E-state index contributed by atoms with van der Waals surface area (Å²) in [6, 6.07) is 25.4. The topological polar surface area (TPSA) is 21.3 Å². The average molecular weight is 410 g/mol. The third-order valence-corrected chi connectivity index (χ3v) is 4.89. The lowest BCUT2D eigenvalue weighted by atomic mass is 10.1. The Morgan fingerprint density at radius 3 is 2.54 bits per heavy atom. The van der Waals surface area contributed by atoms with E-state index in [0.717, 1.165) is 22.3 Å². The maximum atomic E-state index is 6.11. The van der Waals surface area contributed by atoms with E-state index in [0.29, 0.717) is 6.61 Å². The molecular formula is C23H24BrNO. The molecule has 0 aliphatic carbocycles. The van der Waals surface area contributed by atoms with E-state index < -0.39 is 0 Å². The minimum atomic E-state index is 0.278. The first kappa shape index (κ1) is 18.7. The summed E-state index contributed by atoms with van der Waals surface area (Å²) in [6.45, 7) is 5.60. The van der Waals surface area contributed by atoms with Crippen molar-refractivity contribution < 1.29 is 4.74 Å². The Balaban J connectivity index is 1.67. The zero-order valence-corrected chi connectivity index (χ0v) is 16.8. The quantitative estimate of drug-likeness (QED) is 0.502. The van der Waals surface area contributed by atoms with Crippen LogP contribution in [0.5, 0.6) is 5.75 Å². The molecule has 0 saturated heterocycles. The Kier molecular flexibility index (Phi) is 6.48.